The van der Waals surface area contributed by atoms with Gasteiger partial charge in [-0.25, -0.2) is 4.98 Å². The zero-order valence-corrected chi connectivity index (χ0v) is 16.6. The van der Waals surface area contributed by atoms with Gasteiger partial charge < -0.3 is 15.0 Å². The fourth-order valence-corrected chi connectivity index (χ4v) is 3.62. The number of rotatable bonds is 7. The molecule has 2 rings (SSSR count). The van der Waals surface area contributed by atoms with Gasteiger partial charge in [-0.1, -0.05) is 12.1 Å². The van der Waals surface area contributed by atoms with Crippen LogP contribution in [0.15, 0.2) is 29.3 Å². The second-order valence-corrected chi connectivity index (χ2v) is 7.19. The Bertz CT molecular complexity index is 694. The maximum absolute atomic E-state index is 5.49. The molecule has 0 fully saturated rings. The Labute approximate surface area is 154 Å². The number of aliphatic imine (C=N–C) groups is 1. The Balaban J connectivity index is 1.85. The molecule has 0 saturated carbocycles. The lowest BCUT2D eigenvalue weighted by atomic mass is 10.2. The average Bonchev–Trinajstić information content (AvgIpc) is 2.91. The number of aromatic nitrogens is 1. The van der Waals surface area contributed by atoms with Crippen molar-refractivity contribution in [3.05, 3.63) is 45.4 Å². The van der Waals surface area contributed by atoms with E-state index in [1.807, 2.05) is 33.2 Å². The average molecular weight is 361 g/mol. The lowest BCUT2D eigenvalue weighted by Crippen LogP contribution is -2.39. The van der Waals surface area contributed by atoms with Crippen molar-refractivity contribution in [2.24, 2.45) is 4.99 Å². The standard InChI is InChI=1S/C19H28N4OS/c1-6-24-17-9-7-16(8-10-17)13-23(5)19(20-4)21-12-11-18-14(2)22-15(3)25-18/h7-10H,6,11-13H2,1-5H3,(H,20,21). The predicted molar refractivity (Wildman–Crippen MR) is 106 cm³/mol. The summed E-state index contributed by atoms with van der Waals surface area (Å²) in [5, 5.41) is 4.57. The summed E-state index contributed by atoms with van der Waals surface area (Å²) in [6, 6.07) is 8.21. The molecule has 0 spiro atoms. The molecule has 0 unspecified atom stereocenters. The second-order valence-electron chi connectivity index (χ2n) is 5.90. The molecule has 2 aromatic rings. The van der Waals surface area contributed by atoms with Crippen molar-refractivity contribution in [1.29, 1.82) is 0 Å². The molecule has 0 radical (unpaired) electrons. The molecule has 0 aliphatic carbocycles. The third-order valence-corrected chi connectivity index (χ3v) is 4.99. The molecule has 0 aliphatic heterocycles. The second kappa shape index (κ2) is 9.42. The van der Waals surface area contributed by atoms with Crippen molar-refractivity contribution < 1.29 is 4.74 Å². The van der Waals surface area contributed by atoms with Crippen molar-refractivity contribution in [3.8, 4) is 5.75 Å². The van der Waals surface area contributed by atoms with Gasteiger partial charge in [0.25, 0.3) is 0 Å². The first-order valence-corrected chi connectivity index (χ1v) is 9.41. The zero-order valence-electron chi connectivity index (χ0n) is 15.8. The fourth-order valence-electron chi connectivity index (χ4n) is 2.68. The molecule has 1 aromatic heterocycles. The summed E-state index contributed by atoms with van der Waals surface area (Å²) in [7, 11) is 3.87. The Morgan fingerprint density at radius 2 is 2.00 bits per heavy atom. The van der Waals surface area contributed by atoms with Crippen LogP contribution in [0.5, 0.6) is 5.75 Å². The maximum Gasteiger partial charge on any atom is 0.193 e. The van der Waals surface area contributed by atoms with Crippen LogP contribution in [0.4, 0.5) is 0 Å². The highest BCUT2D eigenvalue weighted by Crippen LogP contribution is 2.17. The summed E-state index contributed by atoms with van der Waals surface area (Å²) >= 11 is 1.77. The first-order valence-electron chi connectivity index (χ1n) is 8.60. The number of guanidine groups is 1. The van der Waals surface area contributed by atoms with Crippen molar-refractivity contribution in [2.45, 2.75) is 33.7 Å². The van der Waals surface area contributed by atoms with Crippen molar-refractivity contribution in [3.63, 3.8) is 0 Å². The molecule has 6 heteroatoms. The molecule has 0 amide bonds. The van der Waals surface area contributed by atoms with E-state index in [9.17, 15) is 0 Å². The fraction of sp³-hybridized carbons (Fsp3) is 0.474. The van der Waals surface area contributed by atoms with Crippen LogP contribution in [0.25, 0.3) is 0 Å². The van der Waals surface area contributed by atoms with E-state index in [4.69, 9.17) is 4.74 Å². The van der Waals surface area contributed by atoms with Gasteiger partial charge in [-0.05, 0) is 38.5 Å². The third-order valence-electron chi connectivity index (χ3n) is 3.86. The van der Waals surface area contributed by atoms with Crippen LogP contribution in [0, 0.1) is 13.8 Å². The molecular formula is C19H28N4OS. The topological polar surface area (TPSA) is 49.8 Å². The van der Waals surface area contributed by atoms with Crippen LogP contribution >= 0.6 is 11.3 Å². The van der Waals surface area contributed by atoms with Gasteiger partial charge in [0, 0.05) is 38.5 Å². The molecule has 0 atom stereocenters. The summed E-state index contributed by atoms with van der Waals surface area (Å²) in [4.78, 5) is 12.3. The number of nitrogens with one attached hydrogen (secondary N) is 1. The van der Waals surface area contributed by atoms with Crippen molar-refractivity contribution in [1.82, 2.24) is 15.2 Å². The van der Waals surface area contributed by atoms with Crippen molar-refractivity contribution >= 4 is 17.3 Å². The van der Waals surface area contributed by atoms with Gasteiger partial charge in [-0.2, -0.15) is 0 Å². The van der Waals surface area contributed by atoms with E-state index < -0.39 is 0 Å². The van der Waals surface area contributed by atoms with Crippen LogP contribution in [-0.2, 0) is 13.0 Å². The third kappa shape index (κ3) is 5.74. The molecule has 0 aliphatic rings. The SMILES string of the molecule is CCOc1ccc(CN(C)C(=NC)NCCc2sc(C)nc2C)cc1. The Kier molecular flexibility index (Phi) is 7.25. The summed E-state index contributed by atoms with van der Waals surface area (Å²) in [5.41, 5.74) is 2.37. The number of ether oxygens (including phenoxy) is 1. The quantitative estimate of drug-likeness (QED) is 0.607. The van der Waals surface area contributed by atoms with Gasteiger partial charge >= 0.3 is 0 Å². The molecule has 1 N–H and O–H groups in total. The van der Waals surface area contributed by atoms with Gasteiger partial charge in [0.05, 0.1) is 17.3 Å². The van der Waals surface area contributed by atoms with Crippen molar-refractivity contribution in [2.75, 3.05) is 27.2 Å². The predicted octanol–water partition coefficient (Wildman–Crippen LogP) is 3.41. The summed E-state index contributed by atoms with van der Waals surface area (Å²) in [6.07, 6.45) is 0.966. The molecule has 0 bridgehead atoms. The summed E-state index contributed by atoms with van der Waals surface area (Å²) < 4.78 is 5.49. The van der Waals surface area contributed by atoms with Crippen LogP contribution in [-0.4, -0.2) is 43.1 Å². The normalized spacial score (nSPS) is 11.5. The van der Waals surface area contributed by atoms with E-state index in [0.29, 0.717) is 6.61 Å². The molecule has 5 nitrogen and oxygen atoms in total. The lowest BCUT2D eigenvalue weighted by molar-refractivity contribution is 0.340. The minimum atomic E-state index is 0.689. The number of nitrogens with zero attached hydrogens (tertiary/aromatic N) is 3. The number of hydrogen-bond acceptors (Lipinski definition) is 4. The van der Waals surface area contributed by atoms with E-state index in [0.717, 1.165) is 41.9 Å². The van der Waals surface area contributed by atoms with E-state index in [1.165, 1.54) is 10.4 Å². The number of thiazole rings is 1. The monoisotopic (exact) mass is 360 g/mol. The smallest absolute Gasteiger partial charge is 0.193 e. The van der Waals surface area contributed by atoms with Gasteiger partial charge in [-0.15, -0.1) is 11.3 Å². The lowest BCUT2D eigenvalue weighted by Gasteiger charge is -2.22. The highest BCUT2D eigenvalue weighted by Gasteiger charge is 2.08. The van der Waals surface area contributed by atoms with Crippen LogP contribution in [0.2, 0.25) is 0 Å². The van der Waals surface area contributed by atoms with E-state index >= 15 is 0 Å². The van der Waals surface area contributed by atoms with E-state index in [2.05, 4.69) is 46.2 Å². The first-order chi connectivity index (χ1) is 12.0. The Hall–Kier alpha value is -2.08. The number of hydrogen-bond donors (Lipinski definition) is 1. The molecule has 1 aromatic carbocycles. The van der Waals surface area contributed by atoms with Crippen LogP contribution < -0.4 is 10.1 Å². The summed E-state index contributed by atoms with van der Waals surface area (Å²) in [5.74, 6) is 1.81. The minimum absolute atomic E-state index is 0.689. The largest absolute Gasteiger partial charge is 0.494 e. The Morgan fingerprint density at radius 3 is 2.56 bits per heavy atom. The van der Waals surface area contributed by atoms with Gasteiger partial charge in [0.2, 0.25) is 0 Å². The van der Waals surface area contributed by atoms with E-state index in [1.54, 1.807) is 11.3 Å². The number of aryl methyl sites for hydroxylation is 2. The first kappa shape index (κ1) is 19.2. The highest BCUT2D eigenvalue weighted by molar-refractivity contribution is 7.11. The summed E-state index contributed by atoms with van der Waals surface area (Å²) in [6.45, 7) is 8.46. The number of benzene rings is 1. The van der Waals surface area contributed by atoms with Gasteiger partial charge in [-0.3, -0.25) is 4.99 Å². The molecule has 0 saturated heterocycles. The molecule has 25 heavy (non-hydrogen) atoms. The zero-order chi connectivity index (χ0) is 18.2. The molecule has 136 valence electrons. The maximum atomic E-state index is 5.49. The molecule has 1 heterocycles. The molecular weight excluding hydrogens is 332 g/mol. The van der Waals surface area contributed by atoms with E-state index in [-0.39, 0.29) is 0 Å². The Morgan fingerprint density at radius 1 is 1.28 bits per heavy atom. The highest BCUT2D eigenvalue weighted by atomic mass is 32.1. The van der Waals surface area contributed by atoms with Gasteiger partial charge in [0.1, 0.15) is 5.75 Å². The van der Waals surface area contributed by atoms with Crippen LogP contribution in [0.3, 0.4) is 0 Å². The van der Waals surface area contributed by atoms with Crippen LogP contribution in [0.1, 0.15) is 28.1 Å². The van der Waals surface area contributed by atoms with Gasteiger partial charge in [0.15, 0.2) is 5.96 Å². The minimum Gasteiger partial charge on any atom is -0.494 e.